The van der Waals surface area contributed by atoms with Gasteiger partial charge in [0.2, 0.25) is 0 Å². The van der Waals surface area contributed by atoms with E-state index in [1.165, 1.54) is 5.56 Å². The van der Waals surface area contributed by atoms with Crippen LogP contribution in [0.4, 0.5) is 5.82 Å². The third-order valence-corrected chi connectivity index (χ3v) is 2.71. The molecule has 0 unspecified atom stereocenters. The molecule has 2 rings (SSSR count). The smallest absolute Gasteiger partial charge is 0.126 e. The molecule has 0 aliphatic heterocycles. The maximum atomic E-state index is 4.40. The van der Waals surface area contributed by atoms with Gasteiger partial charge in [-0.3, -0.25) is 0 Å². The summed E-state index contributed by atoms with van der Waals surface area (Å²) in [6.07, 6.45) is 3.58. The molecule has 0 bridgehead atoms. The molecule has 0 aliphatic rings. The van der Waals surface area contributed by atoms with Gasteiger partial charge in [0.05, 0.1) is 12.2 Å². The molecule has 2 aromatic rings. The van der Waals surface area contributed by atoms with E-state index < -0.39 is 0 Å². The molecule has 0 saturated carbocycles. The highest BCUT2D eigenvalue weighted by molar-refractivity contribution is 5.37. The summed E-state index contributed by atoms with van der Waals surface area (Å²) in [7, 11) is 0. The van der Waals surface area contributed by atoms with Crippen LogP contribution in [0, 0.1) is 0 Å². The summed E-state index contributed by atoms with van der Waals surface area (Å²) in [4.78, 5) is 4.40. The zero-order chi connectivity index (χ0) is 13.0. The molecular weight excluding hydrogens is 224 g/mol. The SMILES string of the molecule is CC(C)(C)c1ccc(NCc2cccnn2)nc1. The average molecular weight is 242 g/mol. The van der Waals surface area contributed by atoms with Crippen LogP contribution < -0.4 is 5.32 Å². The molecule has 0 aliphatic carbocycles. The lowest BCUT2D eigenvalue weighted by Gasteiger charge is -2.18. The van der Waals surface area contributed by atoms with Crippen LogP contribution in [0.15, 0.2) is 36.7 Å². The largest absolute Gasteiger partial charge is 0.364 e. The number of nitrogens with zero attached hydrogens (tertiary/aromatic N) is 3. The lowest BCUT2D eigenvalue weighted by atomic mass is 9.88. The number of anilines is 1. The quantitative estimate of drug-likeness (QED) is 0.899. The van der Waals surface area contributed by atoms with Crippen molar-refractivity contribution in [2.75, 3.05) is 5.32 Å². The second-order valence-electron chi connectivity index (χ2n) is 5.25. The summed E-state index contributed by atoms with van der Waals surface area (Å²) in [6, 6.07) is 7.91. The van der Waals surface area contributed by atoms with Crippen LogP contribution in [-0.2, 0) is 12.0 Å². The highest BCUT2D eigenvalue weighted by Gasteiger charge is 2.13. The van der Waals surface area contributed by atoms with Crippen LogP contribution in [-0.4, -0.2) is 15.2 Å². The van der Waals surface area contributed by atoms with Crippen LogP contribution in [0.25, 0.3) is 0 Å². The summed E-state index contributed by atoms with van der Waals surface area (Å²) < 4.78 is 0. The van der Waals surface area contributed by atoms with Crippen molar-refractivity contribution < 1.29 is 0 Å². The second-order valence-corrected chi connectivity index (χ2v) is 5.25. The summed E-state index contributed by atoms with van der Waals surface area (Å²) in [6.45, 7) is 7.17. The van der Waals surface area contributed by atoms with Crippen LogP contribution >= 0.6 is 0 Å². The van der Waals surface area contributed by atoms with E-state index in [-0.39, 0.29) is 5.41 Å². The molecular formula is C14H18N4. The van der Waals surface area contributed by atoms with Crippen molar-refractivity contribution in [3.8, 4) is 0 Å². The predicted molar refractivity (Wildman–Crippen MR) is 72.3 cm³/mol. The van der Waals surface area contributed by atoms with Crippen molar-refractivity contribution >= 4 is 5.82 Å². The monoisotopic (exact) mass is 242 g/mol. The fraction of sp³-hybridized carbons (Fsp3) is 0.357. The molecule has 0 fully saturated rings. The van der Waals surface area contributed by atoms with Gasteiger partial charge in [0, 0.05) is 12.4 Å². The Hall–Kier alpha value is -1.97. The summed E-state index contributed by atoms with van der Waals surface area (Å²) in [5.41, 5.74) is 2.27. The lowest BCUT2D eigenvalue weighted by molar-refractivity contribution is 0.587. The first kappa shape index (κ1) is 12.5. The molecule has 2 aromatic heterocycles. The Morgan fingerprint density at radius 1 is 1.17 bits per heavy atom. The van der Waals surface area contributed by atoms with Crippen molar-refractivity contribution in [3.63, 3.8) is 0 Å². The number of hydrogen-bond acceptors (Lipinski definition) is 4. The number of hydrogen-bond donors (Lipinski definition) is 1. The van der Waals surface area contributed by atoms with Crippen molar-refractivity contribution in [2.45, 2.75) is 32.7 Å². The first-order valence-electron chi connectivity index (χ1n) is 6.03. The molecule has 18 heavy (non-hydrogen) atoms. The van der Waals surface area contributed by atoms with E-state index in [4.69, 9.17) is 0 Å². The van der Waals surface area contributed by atoms with E-state index in [2.05, 4.69) is 47.3 Å². The van der Waals surface area contributed by atoms with Gasteiger partial charge in [0.15, 0.2) is 0 Å². The first-order valence-corrected chi connectivity index (χ1v) is 6.03. The van der Waals surface area contributed by atoms with Gasteiger partial charge in [-0.1, -0.05) is 26.8 Å². The predicted octanol–water partition coefficient (Wildman–Crippen LogP) is 2.78. The zero-order valence-electron chi connectivity index (χ0n) is 11.0. The Labute approximate surface area is 107 Å². The van der Waals surface area contributed by atoms with E-state index in [9.17, 15) is 0 Å². The molecule has 1 N–H and O–H groups in total. The van der Waals surface area contributed by atoms with Crippen LogP contribution in [0.3, 0.4) is 0 Å². The lowest BCUT2D eigenvalue weighted by Crippen LogP contribution is -2.12. The minimum absolute atomic E-state index is 0.135. The van der Waals surface area contributed by atoms with Crippen molar-refractivity contribution in [3.05, 3.63) is 47.9 Å². The molecule has 0 spiro atoms. The number of nitrogens with one attached hydrogen (secondary N) is 1. The fourth-order valence-corrected chi connectivity index (χ4v) is 1.55. The summed E-state index contributed by atoms with van der Waals surface area (Å²) in [5, 5.41) is 11.1. The van der Waals surface area contributed by atoms with Crippen molar-refractivity contribution in [1.29, 1.82) is 0 Å². The number of aromatic nitrogens is 3. The molecule has 0 amide bonds. The van der Waals surface area contributed by atoms with Crippen molar-refractivity contribution in [1.82, 2.24) is 15.2 Å². The highest BCUT2D eigenvalue weighted by atomic mass is 15.1. The third-order valence-electron chi connectivity index (χ3n) is 2.71. The fourth-order valence-electron chi connectivity index (χ4n) is 1.55. The van der Waals surface area contributed by atoms with Gasteiger partial charge in [0.1, 0.15) is 5.82 Å². The van der Waals surface area contributed by atoms with Gasteiger partial charge >= 0.3 is 0 Å². The van der Waals surface area contributed by atoms with Crippen LogP contribution in [0.1, 0.15) is 32.0 Å². The van der Waals surface area contributed by atoms with E-state index in [0.717, 1.165) is 11.5 Å². The van der Waals surface area contributed by atoms with Gasteiger partial charge in [-0.15, -0.1) is 0 Å². The van der Waals surface area contributed by atoms with Crippen molar-refractivity contribution in [2.24, 2.45) is 0 Å². The topological polar surface area (TPSA) is 50.7 Å². The van der Waals surface area contributed by atoms with Crippen LogP contribution in [0.5, 0.6) is 0 Å². The Kier molecular flexibility index (Phi) is 3.55. The molecule has 4 heteroatoms. The van der Waals surface area contributed by atoms with E-state index >= 15 is 0 Å². The van der Waals surface area contributed by atoms with Gasteiger partial charge in [-0.2, -0.15) is 10.2 Å². The minimum Gasteiger partial charge on any atom is -0.364 e. The third kappa shape index (κ3) is 3.26. The maximum Gasteiger partial charge on any atom is 0.126 e. The second kappa shape index (κ2) is 5.12. The average Bonchev–Trinajstić information content (AvgIpc) is 2.37. The number of rotatable bonds is 3. The van der Waals surface area contributed by atoms with E-state index in [1.807, 2.05) is 24.4 Å². The van der Waals surface area contributed by atoms with E-state index in [1.54, 1.807) is 6.20 Å². The minimum atomic E-state index is 0.135. The Bertz CT molecular complexity index is 485. The van der Waals surface area contributed by atoms with E-state index in [0.29, 0.717) is 6.54 Å². The highest BCUT2D eigenvalue weighted by Crippen LogP contribution is 2.21. The van der Waals surface area contributed by atoms with Crippen LogP contribution in [0.2, 0.25) is 0 Å². The molecule has 0 atom stereocenters. The van der Waals surface area contributed by atoms with Gasteiger partial charge in [-0.25, -0.2) is 4.98 Å². The summed E-state index contributed by atoms with van der Waals surface area (Å²) >= 11 is 0. The van der Waals surface area contributed by atoms with Gasteiger partial charge in [-0.05, 0) is 29.2 Å². The molecule has 0 radical (unpaired) electrons. The Balaban J connectivity index is 1.99. The summed E-state index contributed by atoms with van der Waals surface area (Å²) in [5.74, 6) is 0.855. The van der Waals surface area contributed by atoms with Gasteiger partial charge in [0.25, 0.3) is 0 Å². The Morgan fingerprint density at radius 3 is 2.56 bits per heavy atom. The van der Waals surface area contributed by atoms with Gasteiger partial charge < -0.3 is 5.32 Å². The number of pyridine rings is 1. The standard InChI is InChI=1S/C14H18N4/c1-14(2,3)11-6-7-13(15-9-11)16-10-12-5-4-8-17-18-12/h4-9H,10H2,1-3H3,(H,15,16). The maximum absolute atomic E-state index is 4.40. The first-order chi connectivity index (χ1) is 8.55. The molecule has 94 valence electrons. The molecule has 0 saturated heterocycles. The Morgan fingerprint density at radius 2 is 2.00 bits per heavy atom. The molecule has 2 heterocycles. The molecule has 0 aromatic carbocycles. The zero-order valence-corrected chi connectivity index (χ0v) is 11.0. The molecule has 4 nitrogen and oxygen atoms in total. The normalized spacial score (nSPS) is 11.3.